The van der Waals surface area contributed by atoms with Gasteiger partial charge < -0.3 is 9.72 Å². The number of Topliss-reactive ketones (excluding diaryl/α,β-unsaturated/α-hetero) is 2. The van der Waals surface area contributed by atoms with Gasteiger partial charge in [0, 0.05) is 16.2 Å². The highest BCUT2D eigenvalue weighted by atomic mass is 32.2. The lowest BCUT2D eigenvalue weighted by atomic mass is 10.1. The summed E-state index contributed by atoms with van der Waals surface area (Å²) in [7, 11) is 0. The molecule has 1 N–H and O–H groups in total. The van der Waals surface area contributed by atoms with Crippen molar-refractivity contribution in [3.8, 4) is 0 Å². The zero-order valence-corrected chi connectivity index (χ0v) is 15.5. The molecular weight excluding hydrogens is 338 g/mol. The summed E-state index contributed by atoms with van der Waals surface area (Å²) in [5, 5.41) is -0.422. The van der Waals surface area contributed by atoms with Crippen LogP contribution >= 0.6 is 11.8 Å². The monoisotopic (exact) mass is 359 g/mol. The molecule has 0 aliphatic rings. The first kappa shape index (κ1) is 19.0. The average Bonchev–Trinajstić information content (AvgIpc) is 2.87. The van der Waals surface area contributed by atoms with E-state index in [0.717, 1.165) is 4.90 Å². The number of hydrogen-bond acceptors (Lipinski definition) is 5. The molecule has 0 radical (unpaired) electrons. The van der Waals surface area contributed by atoms with Crippen molar-refractivity contribution < 1.29 is 19.1 Å². The second-order valence-electron chi connectivity index (χ2n) is 5.79. The van der Waals surface area contributed by atoms with Gasteiger partial charge in [-0.15, -0.1) is 11.8 Å². The molecule has 0 spiro atoms. The molecule has 1 aromatic heterocycles. The normalized spacial score (nSPS) is 11.8. The summed E-state index contributed by atoms with van der Waals surface area (Å²) < 4.78 is 5.14. The Balaban J connectivity index is 1.96. The van der Waals surface area contributed by atoms with Gasteiger partial charge in [-0.2, -0.15) is 0 Å². The maximum Gasteiger partial charge on any atom is 0.319 e. The largest absolute Gasteiger partial charge is 0.456 e. The molecule has 132 valence electrons. The number of H-pyrrole nitrogens is 1. The molecular formula is C19H21NO4S. The Morgan fingerprint density at radius 3 is 2.36 bits per heavy atom. The summed E-state index contributed by atoms with van der Waals surface area (Å²) in [6.45, 7) is 6.30. The Hall–Kier alpha value is -2.34. The van der Waals surface area contributed by atoms with Crippen molar-refractivity contribution in [2.24, 2.45) is 0 Å². The number of nitrogens with one attached hydrogen (secondary N) is 1. The first-order valence-electron chi connectivity index (χ1n) is 7.93. The highest BCUT2D eigenvalue weighted by molar-refractivity contribution is 8.00. The van der Waals surface area contributed by atoms with E-state index in [-0.39, 0.29) is 18.2 Å². The van der Waals surface area contributed by atoms with Gasteiger partial charge in [0.1, 0.15) is 5.25 Å². The summed E-state index contributed by atoms with van der Waals surface area (Å²) in [5.74, 6) is -0.900. The van der Waals surface area contributed by atoms with Crippen molar-refractivity contribution in [1.29, 1.82) is 0 Å². The molecule has 0 fully saturated rings. The lowest BCUT2D eigenvalue weighted by Gasteiger charge is -2.10. The lowest BCUT2D eigenvalue weighted by molar-refractivity contribution is -0.141. The maximum absolute atomic E-state index is 12.3. The van der Waals surface area contributed by atoms with Crippen LogP contribution in [0.3, 0.4) is 0 Å². The van der Waals surface area contributed by atoms with Crippen LogP contribution in [-0.2, 0) is 9.53 Å². The Kier molecular flexibility index (Phi) is 6.20. The molecule has 25 heavy (non-hydrogen) atoms. The number of thioether (sulfide) groups is 1. The second kappa shape index (κ2) is 8.16. The summed E-state index contributed by atoms with van der Waals surface area (Å²) in [4.78, 5) is 39.9. The molecule has 0 amide bonds. The standard InChI is InChI=1S/C19H21NO4S/c1-11-17(13(3)21)12(2)20-18(11)16(22)10-24-19(23)14(4)25-15-8-6-5-7-9-15/h5-9,14,20H,10H2,1-4H3/t14-/m1/s1. The number of ketones is 2. The third kappa shape index (κ3) is 4.60. The van der Waals surface area contributed by atoms with Crippen molar-refractivity contribution in [2.75, 3.05) is 6.61 Å². The summed E-state index contributed by atoms with van der Waals surface area (Å²) in [6.07, 6.45) is 0. The Morgan fingerprint density at radius 1 is 1.16 bits per heavy atom. The van der Waals surface area contributed by atoms with Crippen molar-refractivity contribution in [2.45, 2.75) is 37.8 Å². The molecule has 0 saturated heterocycles. The van der Waals surface area contributed by atoms with E-state index in [9.17, 15) is 14.4 Å². The number of rotatable bonds is 7. The second-order valence-corrected chi connectivity index (χ2v) is 7.20. The molecule has 0 unspecified atom stereocenters. The number of hydrogen-bond donors (Lipinski definition) is 1. The average molecular weight is 359 g/mol. The van der Waals surface area contributed by atoms with E-state index in [1.54, 1.807) is 20.8 Å². The van der Waals surface area contributed by atoms with Crippen LogP contribution in [0.15, 0.2) is 35.2 Å². The summed E-state index contributed by atoms with van der Waals surface area (Å²) >= 11 is 1.37. The molecule has 0 bridgehead atoms. The third-order valence-corrected chi connectivity index (χ3v) is 4.89. The molecule has 1 atom stereocenters. The van der Waals surface area contributed by atoms with Gasteiger partial charge in [-0.3, -0.25) is 14.4 Å². The van der Waals surface area contributed by atoms with Crippen LogP contribution in [0.1, 0.15) is 46.0 Å². The van der Waals surface area contributed by atoms with Gasteiger partial charge in [-0.25, -0.2) is 0 Å². The first-order chi connectivity index (χ1) is 11.8. The summed E-state index contributed by atoms with van der Waals surface area (Å²) in [5.41, 5.74) is 2.08. The zero-order chi connectivity index (χ0) is 18.6. The Morgan fingerprint density at radius 2 is 1.80 bits per heavy atom. The van der Waals surface area contributed by atoms with Crippen molar-refractivity contribution in [1.82, 2.24) is 4.98 Å². The van der Waals surface area contributed by atoms with Crippen LogP contribution in [0.2, 0.25) is 0 Å². The molecule has 1 aromatic carbocycles. The van der Waals surface area contributed by atoms with Crippen molar-refractivity contribution in [3.05, 3.63) is 52.8 Å². The van der Waals surface area contributed by atoms with Crippen LogP contribution < -0.4 is 0 Å². The fourth-order valence-corrected chi connectivity index (χ4v) is 3.52. The fraction of sp³-hybridized carbons (Fsp3) is 0.316. The number of ether oxygens (including phenoxy) is 1. The number of esters is 1. The molecule has 0 aliphatic carbocycles. The number of carbonyl (C=O) groups is 3. The van der Waals surface area contributed by atoms with E-state index in [0.29, 0.717) is 22.5 Å². The summed E-state index contributed by atoms with van der Waals surface area (Å²) in [6, 6.07) is 9.52. The molecule has 2 aromatic rings. The topological polar surface area (TPSA) is 76.2 Å². The predicted molar refractivity (Wildman–Crippen MR) is 97.3 cm³/mol. The van der Waals surface area contributed by atoms with Crippen LogP contribution in [0, 0.1) is 13.8 Å². The van der Waals surface area contributed by atoms with Gasteiger partial charge in [-0.05, 0) is 45.4 Å². The van der Waals surface area contributed by atoms with Gasteiger partial charge in [0.2, 0.25) is 5.78 Å². The number of benzene rings is 1. The highest BCUT2D eigenvalue weighted by Crippen LogP contribution is 2.24. The van der Waals surface area contributed by atoms with Crippen LogP contribution in [-0.4, -0.2) is 34.4 Å². The number of carbonyl (C=O) groups excluding carboxylic acids is 3. The van der Waals surface area contributed by atoms with E-state index in [1.165, 1.54) is 18.7 Å². The number of aromatic nitrogens is 1. The van der Waals surface area contributed by atoms with Gasteiger partial charge in [0.05, 0.1) is 5.69 Å². The minimum Gasteiger partial charge on any atom is -0.456 e. The highest BCUT2D eigenvalue weighted by Gasteiger charge is 2.22. The van der Waals surface area contributed by atoms with Gasteiger partial charge >= 0.3 is 5.97 Å². The van der Waals surface area contributed by atoms with E-state index in [2.05, 4.69) is 4.98 Å². The number of aryl methyl sites for hydroxylation is 1. The molecule has 1 heterocycles. The third-order valence-electron chi connectivity index (χ3n) is 3.80. The van der Waals surface area contributed by atoms with E-state index in [1.807, 2.05) is 30.3 Å². The minimum absolute atomic E-state index is 0.102. The van der Waals surface area contributed by atoms with Crippen LogP contribution in [0.5, 0.6) is 0 Å². The minimum atomic E-state index is -0.449. The maximum atomic E-state index is 12.3. The lowest BCUT2D eigenvalue weighted by Crippen LogP contribution is -2.21. The SMILES string of the molecule is CC(=O)c1c(C)[nH]c(C(=O)COC(=O)[C@@H](C)Sc2ccccc2)c1C. The van der Waals surface area contributed by atoms with Crippen LogP contribution in [0.25, 0.3) is 0 Å². The zero-order valence-electron chi connectivity index (χ0n) is 14.7. The van der Waals surface area contributed by atoms with Gasteiger partial charge in [-0.1, -0.05) is 18.2 Å². The van der Waals surface area contributed by atoms with E-state index >= 15 is 0 Å². The predicted octanol–water partition coefficient (Wildman–Crippen LogP) is 3.74. The van der Waals surface area contributed by atoms with Crippen molar-refractivity contribution in [3.63, 3.8) is 0 Å². The fourth-order valence-electron chi connectivity index (χ4n) is 2.63. The molecule has 5 nitrogen and oxygen atoms in total. The molecule has 0 saturated carbocycles. The van der Waals surface area contributed by atoms with Crippen molar-refractivity contribution >= 4 is 29.3 Å². The quantitative estimate of drug-likeness (QED) is 0.463. The molecule has 6 heteroatoms. The van der Waals surface area contributed by atoms with Gasteiger partial charge in [0.15, 0.2) is 12.4 Å². The van der Waals surface area contributed by atoms with E-state index < -0.39 is 11.2 Å². The smallest absolute Gasteiger partial charge is 0.319 e. The molecule has 0 aliphatic heterocycles. The van der Waals surface area contributed by atoms with Gasteiger partial charge in [0.25, 0.3) is 0 Å². The first-order valence-corrected chi connectivity index (χ1v) is 8.80. The van der Waals surface area contributed by atoms with Crippen LogP contribution in [0.4, 0.5) is 0 Å². The number of aromatic amines is 1. The van der Waals surface area contributed by atoms with E-state index in [4.69, 9.17) is 4.74 Å². The Bertz CT molecular complexity index is 795. The molecule has 2 rings (SSSR count). The Labute approximate surface area is 151 Å².